The number of nitrogens with zero attached hydrogens (tertiary/aromatic N) is 2. The molecule has 1 saturated heterocycles. The van der Waals surface area contributed by atoms with E-state index < -0.39 is 0 Å². The fourth-order valence-electron chi connectivity index (χ4n) is 2.98. The van der Waals surface area contributed by atoms with Gasteiger partial charge in [0.1, 0.15) is 0 Å². The van der Waals surface area contributed by atoms with Crippen molar-refractivity contribution in [3.8, 4) is 0 Å². The number of halogens is 1. The van der Waals surface area contributed by atoms with Gasteiger partial charge in [0.05, 0.1) is 0 Å². The van der Waals surface area contributed by atoms with Crippen molar-refractivity contribution in [3.63, 3.8) is 0 Å². The number of rotatable bonds is 3. The fraction of sp³-hybridized carbons (Fsp3) is 0.300. The highest BCUT2D eigenvalue weighted by Gasteiger charge is 2.25. The summed E-state index contributed by atoms with van der Waals surface area (Å²) in [5, 5.41) is 0. The molecule has 1 heterocycles. The van der Waals surface area contributed by atoms with E-state index in [2.05, 4.69) is 22.9 Å². The van der Waals surface area contributed by atoms with Gasteiger partial charge in [-0.2, -0.15) is 0 Å². The van der Waals surface area contributed by atoms with Crippen LogP contribution in [0.15, 0.2) is 53.0 Å². The lowest BCUT2D eigenvalue weighted by atomic mass is 10.1. The smallest absolute Gasteiger partial charge is 0.254 e. The summed E-state index contributed by atoms with van der Waals surface area (Å²) in [5.74, 6) is 0.0536. The highest BCUT2D eigenvalue weighted by Crippen LogP contribution is 2.16. The van der Waals surface area contributed by atoms with Crippen LogP contribution in [0.1, 0.15) is 33.2 Å². The van der Waals surface area contributed by atoms with E-state index in [4.69, 9.17) is 0 Å². The summed E-state index contributed by atoms with van der Waals surface area (Å²) in [6.07, 6.45) is 0.963. The van der Waals surface area contributed by atoms with Gasteiger partial charge in [-0.3, -0.25) is 9.59 Å². The molecule has 3 rings (SSSR count). The Morgan fingerprint density at radius 3 is 1.96 bits per heavy atom. The van der Waals surface area contributed by atoms with Gasteiger partial charge >= 0.3 is 0 Å². The molecule has 5 heteroatoms. The Balaban J connectivity index is 1.61. The molecule has 130 valence electrons. The SMILES string of the molecule is CCc1ccc(C(=O)N2CCN(C(=O)c3cccc(Br)c3)CC2)cc1. The molecule has 2 amide bonds. The zero-order chi connectivity index (χ0) is 17.8. The molecule has 2 aromatic rings. The van der Waals surface area contributed by atoms with E-state index in [9.17, 15) is 9.59 Å². The molecule has 0 saturated carbocycles. The predicted molar refractivity (Wildman–Crippen MR) is 102 cm³/mol. The van der Waals surface area contributed by atoms with Crippen molar-refractivity contribution in [1.29, 1.82) is 0 Å². The Labute approximate surface area is 156 Å². The van der Waals surface area contributed by atoms with Crippen LogP contribution in [0.2, 0.25) is 0 Å². The van der Waals surface area contributed by atoms with Gasteiger partial charge in [-0.15, -0.1) is 0 Å². The summed E-state index contributed by atoms with van der Waals surface area (Å²) in [7, 11) is 0. The van der Waals surface area contributed by atoms with E-state index in [0.29, 0.717) is 37.3 Å². The second-order valence-corrected chi connectivity index (χ2v) is 7.06. The van der Waals surface area contributed by atoms with Crippen LogP contribution in [0.3, 0.4) is 0 Å². The Morgan fingerprint density at radius 1 is 0.880 bits per heavy atom. The minimum atomic E-state index is 0.0145. The van der Waals surface area contributed by atoms with Gasteiger partial charge in [0.25, 0.3) is 11.8 Å². The third-order valence-corrected chi connectivity index (χ3v) is 5.03. The maximum Gasteiger partial charge on any atom is 0.254 e. The van der Waals surface area contributed by atoms with E-state index in [1.54, 1.807) is 0 Å². The number of carbonyl (C=O) groups is 2. The first kappa shape index (κ1) is 17.7. The van der Waals surface area contributed by atoms with Crippen LogP contribution in [0.25, 0.3) is 0 Å². The average Bonchev–Trinajstić information content (AvgIpc) is 2.67. The van der Waals surface area contributed by atoms with Gasteiger partial charge in [0.2, 0.25) is 0 Å². The number of benzene rings is 2. The summed E-state index contributed by atoms with van der Waals surface area (Å²) in [6, 6.07) is 15.2. The molecule has 0 N–H and O–H groups in total. The molecular formula is C20H21BrN2O2. The molecule has 0 aliphatic carbocycles. The lowest BCUT2D eigenvalue weighted by Crippen LogP contribution is -2.50. The standard InChI is InChI=1S/C20H21BrN2O2/c1-2-15-6-8-16(9-7-15)19(24)22-10-12-23(13-11-22)20(25)17-4-3-5-18(21)14-17/h3-9,14H,2,10-13H2,1H3. The minimum Gasteiger partial charge on any atom is -0.335 e. The van der Waals surface area contributed by atoms with E-state index in [1.165, 1.54) is 5.56 Å². The van der Waals surface area contributed by atoms with Gasteiger partial charge in [0, 0.05) is 41.8 Å². The van der Waals surface area contributed by atoms with Crippen LogP contribution in [-0.4, -0.2) is 47.8 Å². The zero-order valence-electron chi connectivity index (χ0n) is 14.2. The molecule has 1 aliphatic rings. The first-order valence-electron chi connectivity index (χ1n) is 8.51. The molecule has 0 spiro atoms. The lowest BCUT2D eigenvalue weighted by Gasteiger charge is -2.35. The molecule has 1 aliphatic heterocycles. The maximum atomic E-state index is 12.6. The predicted octanol–water partition coefficient (Wildman–Crippen LogP) is 3.61. The van der Waals surface area contributed by atoms with Crippen molar-refractivity contribution in [2.24, 2.45) is 0 Å². The normalized spacial score (nSPS) is 14.5. The first-order valence-corrected chi connectivity index (χ1v) is 9.31. The number of hydrogen-bond donors (Lipinski definition) is 0. The van der Waals surface area contributed by atoms with E-state index in [0.717, 1.165) is 10.9 Å². The summed E-state index contributed by atoms with van der Waals surface area (Å²) >= 11 is 3.40. The number of piperazine rings is 1. The number of amides is 2. The van der Waals surface area contributed by atoms with Gasteiger partial charge in [-0.25, -0.2) is 0 Å². The van der Waals surface area contributed by atoms with Crippen molar-refractivity contribution in [1.82, 2.24) is 9.80 Å². The molecule has 0 bridgehead atoms. The van der Waals surface area contributed by atoms with Gasteiger partial charge in [-0.1, -0.05) is 41.1 Å². The molecular weight excluding hydrogens is 380 g/mol. The maximum absolute atomic E-state index is 12.6. The van der Waals surface area contributed by atoms with Crippen LogP contribution < -0.4 is 0 Å². The van der Waals surface area contributed by atoms with Gasteiger partial charge in [-0.05, 0) is 42.3 Å². The zero-order valence-corrected chi connectivity index (χ0v) is 15.8. The van der Waals surface area contributed by atoms with Crippen LogP contribution in [0, 0.1) is 0 Å². The van der Waals surface area contributed by atoms with Crippen LogP contribution >= 0.6 is 15.9 Å². The largest absolute Gasteiger partial charge is 0.335 e. The van der Waals surface area contributed by atoms with Crippen molar-refractivity contribution >= 4 is 27.7 Å². The molecule has 1 fully saturated rings. The highest BCUT2D eigenvalue weighted by molar-refractivity contribution is 9.10. The second-order valence-electron chi connectivity index (χ2n) is 6.15. The van der Waals surface area contributed by atoms with Crippen LogP contribution in [-0.2, 0) is 6.42 Å². The highest BCUT2D eigenvalue weighted by atomic mass is 79.9. The summed E-state index contributed by atoms with van der Waals surface area (Å²) in [4.78, 5) is 28.8. The molecule has 0 aromatic heterocycles. The molecule has 0 unspecified atom stereocenters. The van der Waals surface area contributed by atoms with Crippen molar-refractivity contribution in [2.75, 3.05) is 26.2 Å². The van der Waals surface area contributed by atoms with Gasteiger partial charge in [0.15, 0.2) is 0 Å². The van der Waals surface area contributed by atoms with Crippen molar-refractivity contribution < 1.29 is 9.59 Å². The van der Waals surface area contributed by atoms with Crippen molar-refractivity contribution in [2.45, 2.75) is 13.3 Å². The Morgan fingerprint density at radius 2 is 1.44 bits per heavy atom. The molecule has 25 heavy (non-hydrogen) atoms. The topological polar surface area (TPSA) is 40.6 Å². The number of hydrogen-bond acceptors (Lipinski definition) is 2. The molecule has 0 radical (unpaired) electrons. The summed E-state index contributed by atoms with van der Waals surface area (Å²) in [5.41, 5.74) is 2.61. The monoisotopic (exact) mass is 400 g/mol. The van der Waals surface area contributed by atoms with Crippen molar-refractivity contribution in [3.05, 3.63) is 69.7 Å². The van der Waals surface area contributed by atoms with Crippen LogP contribution in [0.4, 0.5) is 0 Å². The second kappa shape index (κ2) is 7.83. The summed E-state index contributed by atoms with van der Waals surface area (Å²) < 4.78 is 0.891. The fourth-order valence-corrected chi connectivity index (χ4v) is 3.38. The number of carbonyl (C=O) groups excluding carboxylic acids is 2. The Kier molecular flexibility index (Phi) is 5.53. The molecule has 4 nitrogen and oxygen atoms in total. The number of aryl methyl sites for hydroxylation is 1. The van der Waals surface area contributed by atoms with E-state index in [1.807, 2.05) is 58.3 Å². The van der Waals surface area contributed by atoms with E-state index in [-0.39, 0.29) is 11.8 Å². The third-order valence-electron chi connectivity index (χ3n) is 4.53. The Hall–Kier alpha value is -2.14. The first-order chi connectivity index (χ1) is 12.1. The average molecular weight is 401 g/mol. The lowest BCUT2D eigenvalue weighted by molar-refractivity contribution is 0.0535. The molecule has 0 atom stereocenters. The minimum absolute atomic E-state index is 0.0145. The third kappa shape index (κ3) is 4.10. The Bertz CT molecular complexity index is 766. The molecule has 2 aromatic carbocycles. The summed E-state index contributed by atoms with van der Waals surface area (Å²) in [6.45, 7) is 4.34. The van der Waals surface area contributed by atoms with Gasteiger partial charge < -0.3 is 9.80 Å². The van der Waals surface area contributed by atoms with Crippen LogP contribution in [0.5, 0.6) is 0 Å². The quantitative estimate of drug-likeness (QED) is 0.789. The van der Waals surface area contributed by atoms with E-state index >= 15 is 0 Å².